The van der Waals surface area contributed by atoms with Crippen molar-refractivity contribution in [3.63, 3.8) is 0 Å². The van der Waals surface area contributed by atoms with Gasteiger partial charge >= 0.3 is 0 Å². The molecule has 0 bridgehead atoms. The van der Waals surface area contributed by atoms with Crippen LogP contribution in [0.15, 0.2) is 30.3 Å². The van der Waals surface area contributed by atoms with Crippen LogP contribution < -0.4 is 5.32 Å². The zero-order valence-electron chi connectivity index (χ0n) is 11.0. The van der Waals surface area contributed by atoms with Gasteiger partial charge in [-0.3, -0.25) is 0 Å². The highest BCUT2D eigenvalue weighted by atomic mass is 32.1. The lowest BCUT2D eigenvalue weighted by atomic mass is 10.2. The number of hydrogen-bond donors (Lipinski definition) is 1. The Bertz CT molecular complexity index is 460. The quantitative estimate of drug-likeness (QED) is 0.814. The monoisotopic (exact) mass is 265 g/mol. The smallest absolute Gasteiger partial charge is 0.169 e. The summed E-state index contributed by atoms with van der Waals surface area (Å²) in [6.45, 7) is 2.84. The molecule has 1 heterocycles. The molecule has 1 unspecified atom stereocenters. The van der Waals surface area contributed by atoms with E-state index in [9.17, 15) is 0 Å². The molecule has 1 aromatic carbocycles. The first-order chi connectivity index (χ1) is 8.74. The third-order valence-electron chi connectivity index (χ3n) is 2.99. The zero-order valence-corrected chi connectivity index (χ0v) is 11.8. The Morgan fingerprint density at radius 2 is 1.94 bits per heavy atom. The molecule has 0 saturated heterocycles. The molecule has 98 valence electrons. The Morgan fingerprint density at radius 1 is 1.22 bits per heavy atom. The Morgan fingerprint density at radius 3 is 2.61 bits per heavy atom. The molecular formula is C14H19NO2S. The normalized spacial score (nSPS) is 13.3. The average Bonchev–Trinajstić information content (AvgIpc) is 2.83. The molecular weight excluding hydrogens is 246 g/mol. The molecule has 3 nitrogen and oxygen atoms in total. The highest BCUT2D eigenvalue weighted by molar-refractivity contribution is 7.19. The predicted molar refractivity (Wildman–Crippen MR) is 76.0 cm³/mol. The summed E-state index contributed by atoms with van der Waals surface area (Å²) in [7, 11) is 3.31. The fourth-order valence-corrected chi connectivity index (χ4v) is 2.94. The van der Waals surface area contributed by atoms with Crippen LogP contribution in [0.2, 0.25) is 0 Å². The lowest BCUT2D eigenvalue weighted by molar-refractivity contribution is -0.0997. The van der Waals surface area contributed by atoms with Crippen LogP contribution in [-0.4, -0.2) is 27.1 Å². The van der Waals surface area contributed by atoms with Gasteiger partial charge in [0.2, 0.25) is 0 Å². The Hall–Kier alpha value is -0.940. The molecule has 1 aromatic heterocycles. The van der Waals surface area contributed by atoms with Gasteiger partial charge in [0.1, 0.15) is 0 Å². The Kier molecular flexibility index (Phi) is 4.72. The van der Waals surface area contributed by atoms with Crippen LogP contribution in [0, 0.1) is 0 Å². The van der Waals surface area contributed by atoms with Crippen LogP contribution in [0.25, 0.3) is 10.1 Å². The van der Waals surface area contributed by atoms with Crippen LogP contribution in [0.4, 0.5) is 0 Å². The van der Waals surface area contributed by atoms with Crippen molar-refractivity contribution in [2.24, 2.45) is 0 Å². The summed E-state index contributed by atoms with van der Waals surface area (Å²) in [6, 6.07) is 11.0. The topological polar surface area (TPSA) is 30.5 Å². The molecule has 2 rings (SSSR count). The average molecular weight is 265 g/mol. The van der Waals surface area contributed by atoms with Crippen molar-refractivity contribution in [3.05, 3.63) is 35.2 Å². The Labute approximate surface area is 112 Å². The fraction of sp³-hybridized carbons (Fsp3) is 0.429. The largest absolute Gasteiger partial charge is 0.355 e. The molecule has 0 aliphatic carbocycles. The van der Waals surface area contributed by atoms with E-state index >= 15 is 0 Å². The maximum absolute atomic E-state index is 5.16. The summed E-state index contributed by atoms with van der Waals surface area (Å²) in [5.41, 5.74) is 0. The molecule has 1 atom stereocenters. The number of thiophene rings is 1. The van der Waals surface area contributed by atoms with E-state index in [1.807, 2.05) is 11.3 Å². The van der Waals surface area contributed by atoms with Crippen molar-refractivity contribution in [1.29, 1.82) is 0 Å². The predicted octanol–water partition coefficient (Wildman–Crippen LogP) is 3.17. The van der Waals surface area contributed by atoms with Gasteiger partial charge < -0.3 is 14.8 Å². The first-order valence-electron chi connectivity index (χ1n) is 6.02. The molecule has 0 aliphatic heterocycles. The van der Waals surface area contributed by atoms with Crippen molar-refractivity contribution >= 4 is 21.4 Å². The van der Waals surface area contributed by atoms with Gasteiger partial charge in [-0.15, -0.1) is 11.3 Å². The van der Waals surface area contributed by atoms with Gasteiger partial charge in [0.15, 0.2) is 6.29 Å². The lowest BCUT2D eigenvalue weighted by Crippen LogP contribution is -2.31. The molecule has 2 aromatic rings. The molecule has 0 spiro atoms. The van der Waals surface area contributed by atoms with E-state index in [4.69, 9.17) is 9.47 Å². The summed E-state index contributed by atoms with van der Waals surface area (Å²) in [4.78, 5) is 1.34. The van der Waals surface area contributed by atoms with Crippen LogP contribution in [0.5, 0.6) is 0 Å². The standard InChI is InChI=1S/C14H19NO2S/c1-10(15-9-14(16-2)17-3)13-8-11-6-4-5-7-12(11)18-13/h4-8,10,14-15H,9H2,1-3H3. The van der Waals surface area contributed by atoms with Gasteiger partial charge in [-0.05, 0) is 24.4 Å². The summed E-state index contributed by atoms with van der Waals surface area (Å²) in [5.74, 6) is 0. The molecule has 1 N–H and O–H groups in total. The van der Waals surface area contributed by atoms with E-state index in [2.05, 4.69) is 42.6 Å². The maximum atomic E-state index is 5.16. The van der Waals surface area contributed by atoms with Gasteiger partial charge in [0.05, 0.1) is 0 Å². The Balaban J connectivity index is 2.02. The second kappa shape index (κ2) is 6.29. The van der Waals surface area contributed by atoms with E-state index in [0.29, 0.717) is 12.6 Å². The fourth-order valence-electron chi connectivity index (χ4n) is 1.85. The number of benzene rings is 1. The molecule has 0 fully saturated rings. The summed E-state index contributed by atoms with van der Waals surface area (Å²) in [6.07, 6.45) is -0.193. The van der Waals surface area contributed by atoms with Gasteiger partial charge in [0.25, 0.3) is 0 Å². The van der Waals surface area contributed by atoms with E-state index in [-0.39, 0.29) is 6.29 Å². The molecule has 4 heteroatoms. The number of ether oxygens (including phenoxy) is 2. The highest BCUT2D eigenvalue weighted by Gasteiger charge is 2.11. The van der Waals surface area contributed by atoms with Gasteiger partial charge in [0, 0.05) is 36.4 Å². The van der Waals surface area contributed by atoms with Crippen molar-refractivity contribution in [2.75, 3.05) is 20.8 Å². The molecule has 18 heavy (non-hydrogen) atoms. The number of methoxy groups -OCH3 is 2. The molecule has 0 saturated carbocycles. The van der Waals surface area contributed by atoms with Gasteiger partial charge in [-0.1, -0.05) is 18.2 Å². The summed E-state index contributed by atoms with van der Waals surface area (Å²) >= 11 is 1.83. The number of fused-ring (bicyclic) bond motifs is 1. The van der Waals surface area contributed by atoms with Crippen molar-refractivity contribution < 1.29 is 9.47 Å². The molecule has 0 radical (unpaired) electrons. The summed E-state index contributed by atoms with van der Waals surface area (Å²) in [5, 5.41) is 4.73. The van der Waals surface area contributed by atoms with E-state index in [0.717, 1.165) is 0 Å². The van der Waals surface area contributed by atoms with E-state index in [1.165, 1.54) is 15.0 Å². The van der Waals surface area contributed by atoms with E-state index in [1.54, 1.807) is 14.2 Å². The first kappa shape index (κ1) is 13.5. The minimum absolute atomic E-state index is 0.193. The minimum Gasteiger partial charge on any atom is -0.355 e. The minimum atomic E-state index is -0.193. The van der Waals surface area contributed by atoms with Crippen LogP contribution in [-0.2, 0) is 9.47 Å². The number of rotatable bonds is 6. The van der Waals surface area contributed by atoms with E-state index < -0.39 is 0 Å². The number of hydrogen-bond acceptors (Lipinski definition) is 4. The second-order valence-electron chi connectivity index (χ2n) is 4.22. The van der Waals surface area contributed by atoms with Crippen LogP contribution in [0.3, 0.4) is 0 Å². The first-order valence-corrected chi connectivity index (χ1v) is 6.83. The number of nitrogens with one attached hydrogen (secondary N) is 1. The summed E-state index contributed by atoms with van der Waals surface area (Å²) < 4.78 is 11.7. The highest BCUT2D eigenvalue weighted by Crippen LogP contribution is 2.29. The molecule has 0 aliphatic rings. The van der Waals surface area contributed by atoms with Crippen LogP contribution >= 0.6 is 11.3 Å². The van der Waals surface area contributed by atoms with Crippen molar-refractivity contribution in [3.8, 4) is 0 Å². The SMILES string of the molecule is COC(CNC(C)c1cc2ccccc2s1)OC. The second-order valence-corrected chi connectivity index (χ2v) is 5.33. The molecule has 0 amide bonds. The van der Waals surface area contributed by atoms with Crippen molar-refractivity contribution in [1.82, 2.24) is 5.32 Å². The zero-order chi connectivity index (χ0) is 13.0. The van der Waals surface area contributed by atoms with Gasteiger partial charge in [-0.25, -0.2) is 0 Å². The van der Waals surface area contributed by atoms with Gasteiger partial charge in [-0.2, -0.15) is 0 Å². The van der Waals surface area contributed by atoms with Crippen molar-refractivity contribution in [2.45, 2.75) is 19.3 Å². The lowest BCUT2D eigenvalue weighted by Gasteiger charge is -2.17. The van der Waals surface area contributed by atoms with Crippen LogP contribution in [0.1, 0.15) is 17.8 Å². The maximum Gasteiger partial charge on any atom is 0.169 e. The third kappa shape index (κ3) is 3.09. The third-order valence-corrected chi connectivity index (χ3v) is 4.29.